The molecule has 0 bridgehead atoms. The van der Waals surface area contributed by atoms with Gasteiger partial charge in [0.1, 0.15) is 11.4 Å². The Morgan fingerprint density at radius 2 is 1.50 bits per heavy atom. The number of hydrogen-bond donors (Lipinski definition) is 1. The van der Waals surface area contributed by atoms with Crippen molar-refractivity contribution in [2.75, 3.05) is 0 Å². The van der Waals surface area contributed by atoms with Crippen LogP contribution in [0.2, 0.25) is 18.1 Å². The van der Waals surface area contributed by atoms with Gasteiger partial charge < -0.3 is 14.1 Å². The number of benzene rings is 2. The second-order valence-corrected chi connectivity index (χ2v) is 15.9. The van der Waals surface area contributed by atoms with E-state index < -0.39 is 19.3 Å². The molecule has 1 N–H and O–H groups in total. The van der Waals surface area contributed by atoms with Crippen LogP contribution in [0.1, 0.15) is 53.2 Å². The van der Waals surface area contributed by atoms with Crippen molar-refractivity contribution in [1.29, 1.82) is 0 Å². The molecule has 2 aromatic carbocycles. The monoisotopic (exact) mass is 449 g/mol. The Balaban J connectivity index is 1.75. The molecule has 170 valence electrons. The largest absolute Gasteiger partial charge is 0.544 e. The molecule has 1 aliphatic rings. The first kappa shape index (κ1) is 22.8. The first-order valence-electron chi connectivity index (χ1n) is 11.4. The maximum atomic E-state index is 10.9. The van der Waals surface area contributed by atoms with Crippen molar-refractivity contribution in [3.63, 3.8) is 0 Å². The lowest BCUT2D eigenvalue weighted by Crippen LogP contribution is -2.43. The van der Waals surface area contributed by atoms with Gasteiger partial charge in [0.05, 0.1) is 16.6 Å². The highest BCUT2D eigenvalue weighted by atomic mass is 28.4. The second-order valence-electron chi connectivity index (χ2n) is 11.1. The summed E-state index contributed by atoms with van der Waals surface area (Å²) in [6, 6.07) is 18.4. The van der Waals surface area contributed by atoms with Gasteiger partial charge in [-0.3, -0.25) is 0 Å². The van der Waals surface area contributed by atoms with Crippen LogP contribution in [0.25, 0.3) is 22.4 Å². The standard InChI is InChI=1S/C27H35NO3Si/c1-25(2,3)32(6,7)31-21-15-13-20(14-16-21)23-22(19-11-9-8-10-12-19)24(30-28-23)27(17-18-27)26(4,5)29/h8-16,29H,17-18H2,1-7H3. The van der Waals surface area contributed by atoms with Crippen molar-refractivity contribution < 1.29 is 14.1 Å². The molecule has 4 rings (SSSR count). The van der Waals surface area contributed by atoms with Crippen LogP contribution in [0.15, 0.2) is 59.1 Å². The highest BCUT2D eigenvalue weighted by Crippen LogP contribution is 2.59. The van der Waals surface area contributed by atoms with Crippen LogP contribution < -0.4 is 4.43 Å². The van der Waals surface area contributed by atoms with Crippen LogP contribution >= 0.6 is 0 Å². The lowest BCUT2D eigenvalue weighted by atomic mass is 9.81. The van der Waals surface area contributed by atoms with Crippen LogP contribution in [0.3, 0.4) is 0 Å². The summed E-state index contributed by atoms with van der Waals surface area (Å²) in [4.78, 5) is 0. The second kappa shape index (κ2) is 7.60. The summed E-state index contributed by atoms with van der Waals surface area (Å²) in [5.41, 5.74) is 2.54. The first-order chi connectivity index (χ1) is 14.9. The summed E-state index contributed by atoms with van der Waals surface area (Å²) in [6.07, 6.45) is 1.79. The predicted molar refractivity (Wildman–Crippen MR) is 132 cm³/mol. The zero-order valence-electron chi connectivity index (χ0n) is 20.3. The Bertz CT molecular complexity index is 1080. The Morgan fingerprint density at radius 1 is 0.906 bits per heavy atom. The number of aromatic nitrogens is 1. The average Bonchev–Trinajstić information content (AvgIpc) is 3.41. The SMILES string of the molecule is CC(C)(O)C1(c2onc(-c3ccc(O[Si](C)(C)C(C)(C)C)cc3)c2-c2ccccc2)CC1. The van der Waals surface area contributed by atoms with E-state index in [1.807, 2.05) is 44.2 Å². The van der Waals surface area contributed by atoms with Gasteiger partial charge in [0.25, 0.3) is 0 Å². The third-order valence-corrected chi connectivity index (χ3v) is 11.8. The third-order valence-electron chi connectivity index (χ3n) is 7.42. The van der Waals surface area contributed by atoms with Gasteiger partial charge in [0.2, 0.25) is 8.32 Å². The molecule has 1 heterocycles. The molecule has 1 aliphatic carbocycles. The zero-order chi connectivity index (χ0) is 23.4. The van der Waals surface area contributed by atoms with Crippen LogP contribution in [0, 0.1) is 0 Å². The smallest absolute Gasteiger partial charge is 0.250 e. The molecule has 0 radical (unpaired) electrons. The molecule has 0 aliphatic heterocycles. The number of rotatable bonds is 6. The molecule has 5 heteroatoms. The molecule has 1 aromatic heterocycles. The normalized spacial score (nSPS) is 16.1. The Hall–Kier alpha value is -2.37. The van der Waals surface area contributed by atoms with Crippen molar-refractivity contribution in [2.24, 2.45) is 0 Å². The number of aliphatic hydroxyl groups is 1. The van der Waals surface area contributed by atoms with E-state index in [1.165, 1.54) is 0 Å². The van der Waals surface area contributed by atoms with Crippen molar-refractivity contribution in [3.05, 3.63) is 60.4 Å². The first-order valence-corrected chi connectivity index (χ1v) is 14.3. The fourth-order valence-electron chi connectivity index (χ4n) is 4.06. The summed E-state index contributed by atoms with van der Waals surface area (Å²) in [7, 11) is -1.90. The number of nitrogens with zero attached hydrogens (tertiary/aromatic N) is 1. The minimum atomic E-state index is -1.90. The van der Waals surface area contributed by atoms with Crippen molar-refractivity contribution in [2.45, 2.75) is 76.6 Å². The van der Waals surface area contributed by atoms with Gasteiger partial charge in [0.15, 0.2) is 5.76 Å². The van der Waals surface area contributed by atoms with Crippen molar-refractivity contribution in [3.8, 4) is 28.1 Å². The van der Waals surface area contributed by atoms with E-state index in [-0.39, 0.29) is 5.04 Å². The van der Waals surface area contributed by atoms with Gasteiger partial charge in [0, 0.05) is 5.56 Å². The minimum absolute atomic E-state index is 0.142. The van der Waals surface area contributed by atoms with Gasteiger partial charge in [-0.05, 0) is 74.7 Å². The fourth-order valence-corrected chi connectivity index (χ4v) is 5.09. The predicted octanol–water partition coefficient (Wildman–Crippen LogP) is 7.20. The molecule has 1 fully saturated rings. The summed E-state index contributed by atoms with van der Waals surface area (Å²) in [6.45, 7) is 15.0. The molecule has 3 aromatic rings. The molecule has 4 nitrogen and oxygen atoms in total. The Kier molecular flexibility index (Phi) is 5.42. The van der Waals surface area contributed by atoms with Crippen LogP contribution in [-0.4, -0.2) is 24.2 Å². The highest BCUT2D eigenvalue weighted by Gasteiger charge is 2.59. The maximum absolute atomic E-state index is 10.9. The molecule has 0 spiro atoms. The molecule has 0 amide bonds. The summed E-state index contributed by atoms with van der Waals surface area (Å²) < 4.78 is 12.4. The summed E-state index contributed by atoms with van der Waals surface area (Å²) in [5, 5.41) is 15.6. The molecular formula is C27H35NO3Si. The Morgan fingerprint density at radius 3 is 2.00 bits per heavy atom. The van der Waals surface area contributed by atoms with Gasteiger partial charge in [-0.15, -0.1) is 0 Å². The van der Waals surface area contributed by atoms with Gasteiger partial charge in [-0.1, -0.05) is 56.3 Å². The van der Waals surface area contributed by atoms with Crippen LogP contribution in [0.4, 0.5) is 0 Å². The average molecular weight is 450 g/mol. The summed E-state index contributed by atoms with van der Waals surface area (Å²) in [5.74, 6) is 1.67. The van der Waals surface area contributed by atoms with E-state index in [0.29, 0.717) is 0 Å². The van der Waals surface area contributed by atoms with Gasteiger partial charge >= 0.3 is 0 Å². The van der Waals surface area contributed by atoms with Crippen molar-refractivity contribution in [1.82, 2.24) is 5.16 Å². The zero-order valence-corrected chi connectivity index (χ0v) is 21.3. The van der Waals surface area contributed by atoms with E-state index in [9.17, 15) is 5.11 Å². The summed E-state index contributed by atoms with van der Waals surface area (Å²) >= 11 is 0. The molecular weight excluding hydrogens is 414 g/mol. The van der Waals surface area contributed by atoms with E-state index in [2.05, 4.69) is 63.3 Å². The maximum Gasteiger partial charge on any atom is 0.250 e. The van der Waals surface area contributed by atoms with Crippen LogP contribution in [-0.2, 0) is 5.41 Å². The lowest BCUT2D eigenvalue weighted by molar-refractivity contribution is 0.0279. The van der Waals surface area contributed by atoms with E-state index in [1.54, 1.807) is 0 Å². The molecule has 32 heavy (non-hydrogen) atoms. The molecule has 1 saturated carbocycles. The highest BCUT2D eigenvalue weighted by molar-refractivity contribution is 6.74. The van der Waals surface area contributed by atoms with Gasteiger partial charge in [-0.2, -0.15) is 0 Å². The molecule has 0 atom stereocenters. The van der Waals surface area contributed by atoms with E-state index >= 15 is 0 Å². The molecule has 0 saturated heterocycles. The molecule has 0 unspecified atom stereocenters. The Labute approximate surface area is 192 Å². The number of hydrogen-bond acceptors (Lipinski definition) is 4. The minimum Gasteiger partial charge on any atom is -0.544 e. The fraction of sp³-hybridized carbons (Fsp3) is 0.444. The quantitative estimate of drug-likeness (QED) is 0.404. The topological polar surface area (TPSA) is 55.5 Å². The van der Waals surface area contributed by atoms with E-state index in [0.717, 1.165) is 46.7 Å². The van der Waals surface area contributed by atoms with Crippen molar-refractivity contribution >= 4 is 8.32 Å². The van der Waals surface area contributed by atoms with Crippen LogP contribution in [0.5, 0.6) is 5.75 Å². The van der Waals surface area contributed by atoms with Gasteiger partial charge in [-0.25, -0.2) is 0 Å². The lowest BCUT2D eigenvalue weighted by Gasteiger charge is -2.36. The van der Waals surface area contributed by atoms with E-state index in [4.69, 9.17) is 8.95 Å². The third kappa shape index (κ3) is 3.93.